The molecular formula is C29H22Cl4N2O6. The summed E-state index contributed by atoms with van der Waals surface area (Å²) in [7, 11) is 0. The summed E-state index contributed by atoms with van der Waals surface area (Å²) in [4.78, 5) is 72.1. The number of amides is 4. The van der Waals surface area contributed by atoms with Gasteiger partial charge in [0.15, 0.2) is 0 Å². The number of carbonyl (C=O) groups excluding carboxylic acids is 5. The number of nitrogens with zero attached hydrogens (tertiary/aromatic N) is 2. The van der Waals surface area contributed by atoms with Crippen LogP contribution in [0.1, 0.15) is 20.8 Å². The van der Waals surface area contributed by atoms with Gasteiger partial charge in [0.2, 0.25) is 23.6 Å². The number of halogens is 4. The third kappa shape index (κ3) is 3.63. The average molecular weight is 636 g/mol. The summed E-state index contributed by atoms with van der Waals surface area (Å²) in [5, 5.41) is 0.785. The van der Waals surface area contributed by atoms with Crippen LogP contribution in [0.15, 0.2) is 47.5 Å². The number of anilines is 2. The maximum Gasteiger partial charge on any atom is 0.334 e. The fraction of sp³-hybridized carbons (Fsp3) is 0.345. The molecule has 2 bridgehead atoms. The molecule has 2 saturated heterocycles. The number of hydrogen-bond donors (Lipinski definition) is 0. The van der Waals surface area contributed by atoms with Crippen LogP contribution in [0.3, 0.4) is 0 Å². The van der Waals surface area contributed by atoms with Crippen molar-refractivity contribution in [1.82, 2.24) is 0 Å². The molecule has 2 aliphatic heterocycles. The maximum atomic E-state index is 14.2. The second-order valence-electron chi connectivity index (χ2n) is 10.8. The largest absolute Gasteiger partial charge is 0.463 e. The number of ether oxygens (including phenoxy) is 1. The number of benzene rings is 2. The number of esters is 1. The van der Waals surface area contributed by atoms with Crippen molar-refractivity contribution in [3.05, 3.63) is 67.6 Å². The fourth-order valence-corrected chi connectivity index (χ4v) is 8.15. The molecular weight excluding hydrogens is 614 g/mol. The predicted molar refractivity (Wildman–Crippen MR) is 153 cm³/mol. The van der Waals surface area contributed by atoms with Crippen molar-refractivity contribution in [2.45, 2.75) is 20.8 Å². The van der Waals surface area contributed by atoms with E-state index in [4.69, 9.17) is 51.1 Å². The van der Waals surface area contributed by atoms with Gasteiger partial charge in [-0.15, -0.1) is 0 Å². The van der Waals surface area contributed by atoms with Gasteiger partial charge < -0.3 is 4.74 Å². The Kier molecular flexibility index (Phi) is 6.58. The molecule has 8 nitrogen and oxygen atoms in total. The third-order valence-electron chi connectivity index (χ3n) is 9.00. The SMILES string of the molecule is CCOC(=O)C1=C(C)C2C3C(=O)N(c4ccc(Cl)c(Cl)c4)C(=O)C3C1(C)C1C(=O)N(c3ccc(Cl)c(Cl)c3)C(=O)C21. The molecule has 1 saturated carbocycles. The molecule has 2 heterocycles. The van der Waals surface area contributed by atoms with Crippen molar-refractivity contribution in [3.63, 3.8) is 0 Å². The Bertz CT molecular complexity index is 1540. The van der Waals surface area contributed by atoms with E-state index < -0.39 is 64.6 Å². The van der Waals surface area contributed by atoms with Gasteiger partial charge in [0.1, 0.15) is 0 Å². The molecule has 2 aromatic rings. The highest BCUT2D eigenvalue weighted by Crippen LogP contribution is 2.69. The molecule has 12 heteroatoms. The summed E-state index contributed by atoms with van der Waals surface area (Å²) in [6.07, 6.45) is 0. The van der Waals surface area contributed by atoms with Gasteiger partial charge in [-0.05, 0) is 50.2 Å². The standard InChI is InChI=1S/C29H22Cl4N2O6/c1-4-41-28(40)21-11(2)18-19-22(26(38)34(24(19)36)12-5-7-14(30)16(32)9-12)29(21,3)23-20(18)25(37)35(27(23)39)13-6-8-15(31)17(33)10-13/h5-10,18-20,22-23H,4H2,1-3H3. The first kappa shape index (κ1) is 28.2. The molecule has 4 amide bonds. The highest BCUT2D eigenvalue weighted by molar-refractivity contribution is 6.43. The van der Waals surface area contributed by atoms with Crippen LogP contribution in [0.4, 0.5) is 11.4 Å². The molecule has 2 aromatic carbocycles. The van der Waals surface area contributed by atoms with Gasteiger partial charge in [-0.3, -0.25) is 19.2 Å². The van der Waals surface area contributed by atoms with Crippen LogP contribution >= 0.6 is 46.4 Å². The molecule has 212 valence electrons. The molecule has 0 N–H and O–H groups in total. The van der Waals surface area contributed by atoms with E-state index in [0.717, 1.165) is 9.80 Å². The lowest BCUT2D eigenvalue weighted by Crippen LogP contribution is -2.61. The Hall–Kier alpha value is -2.91. The van der Waals surface area contributed by atoms with Crippen molar-refractivity contribution in [2.24, 2.45) is 35.0 Å². The van der Waals surface area contributed by atoms with E-state index in [-0.39, 0.29) is 43.6 Å². The van der Waals surface area contributed by atoms with E-state index >= 15 is 0 Å². The molecule has 3 aliphatic carbocycles. The minimum absolute atomic E-state index is 0.0586. The van der Waals surface area contributed by atoms with Gasteiger partial charge in [0.05, 0.1) is 61.7 Å². The Balaban J connectivity index is 1.54. The lowest BCUT2D eigenvalue weighted by Gasteiger charge is -2.55. The summed E-state index contributed by atoms with van der Waals surface area (Å²) >= 11 is 24.6. The van der Waals surface area contributed by atoms with Crippen LogP contribution in [0.25, 0.3) is 0 Å². The number of allylic oxidation sites excluding steroid dienone is 1. The van der Waals surface area contributed by atoms with Crippen LogP contribution in [0.2, 0.25) is 20.1 Å². The van der Waals surface area contributed by atoms with E-state index in [1.54, 1.807) is 20.8 Å². The Morgan fingerprint density at radius 1 is 0.756 bits per heavy atom. The van der Waals surface area contributed by atoms with Crippen molar-refractivity contribution in [1.29, 1.82) is 0 Å². The van der Waals surface area contributed by atoms with Crippen LogP contribution in [0, 0.1) is 35.0 Å². The lowest BCUT2D eigenvalue weighted by atomic mass is 9.43. The number of carbonyl (C=O) groups is 5. The summed E-state index contributed by atoms with van der Waals surface area (Å²) in [5.41, 5.74) is -0.496. The summed E-state index contributed by atoms with van der Waals surface area (Å²) < 4.78 is 5.39. The van der Waals surface area contributed by atoms with Gasteiger partial charge in [-0.1, -0.05) is 58.9 Å². The summed E-state index contributed by atoms with van der Waals surface area (Å²) in [5.74, 6) is -8.05. The number of imide groups is 2. The molecule has 3 fully saturated rings. The normalized spacial score (nSPS) is 30.4. The van der Waals surface area contributed by atoms with E-state index in [1.807, 2.05) is 0 Å². The number of rotatable bonds is 4. The second kappa shape index (κ2) is 9.56. The van der Waals surface area contributed by atoms with Crippen molar-refractivity contribution < 1.29 is 28.7 Å². The van der Waals surface area contributed by atoms with Crippen molar-refractivity contribution in [3.8, 4) is 0 Å². The zero-order valence-electron chi connectivity index (χ0n) is 21.9. The zero-order chi connectivity index (χ0) is 29.7. The minimum Gasteiger partial charge on any atom is -0.463 e. The average Bonchev–Trinajstić information content (AvgIpc) is 3.34. The first-order chi connectivity index (χ1) is 19.4. The van der Waals surface area contributed by atoms with E-state index in [2.05, 4.69) is 0 Å². The number of hydrogen-bond acceptors (Lipinski definition) is 6. The van der Waals surface area contributed by atoms with Crippen molar-refractivity contribution in [2.75, 3.05) is 16.4 Å². The highest BCUT2D eigenvalue weighted by Gasteiger charge is 2.77. The minimum atomic E-state index is -1.53. The van der Waals surface area contributed by atoms with E-state index in [0.29, 0.717) is 5.57 Å². The smallest absolute Gasteiger partial charge is 0.334 e. The second-order valence-corrected chi connectivity index (χ2v) is 12.4. The summed E-state index contributed by atoms with van der Waals surface area (Å²) in [6, 6.07) is 8.78. The van der Waals surface area contributed by atoms with Gasteiger partial charge in [-0.2, -0.15) is 0 Å². The maximum absolute atomic E-state index is 14.2. The monoisotopic (exact) mass is 634 g/mol. The molecule has 5 aliphatic rings. The van der Waals surface area contributed by atoms with E-state index in [9.17, 15) is 24.0 Å². The van der Waals surface area contributed by atoms with Gasteiger partial charge in [0, 0.05) is 16.9 Å². The van der Waals surface area contributed by atoms with Gasteiger partial charge in [-0.25, -0.2) is 14.6 Å². The molecule has 7 rings (SSSR count). The van der Waals surface area contributed by atoms with Crippen LogP contribution in [-0.4, -0.2) is 36.2 Å². The highest BCUT2D eigenvalue weighted by atomic mass is 35.5. The molecule has 0 aromatic heterocycles. The van der Waals surface area contributed by atoms with Crippen molar-refractivity contribution >= 4 is 87.4 Å². The Labute approximate surface area is 255 Å². The fourth-order valence-electron chi connectivity index (χ4n) is 7.57. The molecule has 4 unspecified atom stereocenters. The molecule has 0 radical (unpaired) electrons. The van der Waals surface area contributed by atoms with Crippen LogP contribution in [0.5, 0.6) is 0 Å². The quantitative estimate of drug-likeness (QED) is 0.314. The molecule has 41 heavy (non-hydrogen) atoms. The van der Waals surface area contributed by atoms with Crippen LogP contribution in [-0.2, 0) is 28.7 Å². The third-order valence-corrected chi connectivity index (χ3v) is 10.5. The molecule has 0 spiro atoms. The van der Waals surface area contributed by atoms with Gasteiger partial charge in [0.25, 0.3) is 0 Å². The van der Waals surface area contributed by atoms with Crippen LogP contribution < -0.4 is 9.80 Å². The Morgan fingerprint density at radius 3 is 1.59 bits per heavy atom. The predicted octanol–water partition coefficient (Wildman–Crippen LogP) is 5.74. The van der Waals surface area contributed by atoms with Gasteiger partial charge >= 0.3 is 5.97 Å². The zero-order valence-corrected chi connectivity index (χ0v) is 24.9. The first-order valence-corrected chi connectivity index (χ1v) is 14.4. The Morgan fingerprint density at radius 2 is 1.20 bits per heavy atom. The van der Waals surface area contributed by atoms with E-state index in [1.165, 1.54) is 36.4 Å². The first-order valence-electron chi connectivity index (χ1n) is 12.9. The molecule has 4 atom stereocenters. The summed E-state index contributed by atoms with van der Waals surface area (Å²) in [6.45, 7) is 4.99. The lowest BCUT2D eigenvalue weighted by molar-refractivity contribution is -0.155. The topological polar surface area (TPSA) is 101 Å².